The number of anilines is 6. The molecule has 1 aliphatic carbocycles. The van der Waals surface area contributed by atoms with Gasteiger partial charge in [0.15, 0.2) is 0 Å². The standard InChI is InChI=1S/C69H54N2/c1-4-16-50(17-5-1)52-30-38-61(39-31-52)70(65-46-47-67-60(49-65)23-9-3-8-20-56-21-10-12-27-66(56)67)62-40-32-53(33-41-62)54-34-42-63(43-35-54)71(69-29-15-24-57-22-11-13-28-68(57)69)64-44-36-55(37-45-64)59-26-14-25-58(48-59)51-18-6-2-7-19-51/h1-2,4-7,10-19,21-22,24-49H,3,8-9,20,23H2. The van der Waals surface area contributed by atoms with Gasteiger partial charge in [-0.25, -0.2) is 0 Å². The van der Waals surface area contributed by atoms with Crippen LogP contribution in [0.1, 0.15) is 30.4 Å². The largest absolute Gasteiger partial charge is 0.310 e. The molecule has 0 N–H and O–H groups in total. The first kappa shape index (κ1) is 43.6. The fraction of sp³-hybridized carbons (Fsp3) is 0.0725. The van der Waals surface area contributed by atoms with E-state index in [1.54, 1.807) is 0 Å². The summed E-state index contributed by atoms with van der Waals surface area (Å²) in [7, 11) is 0. The number of aryl methyl sites for hydroxylation is 2. The summed E-state index contributed by atoms with van der Waals surface area (Å²) < 4.78 is 0. The highest BCUT2D eigenvalue weighted by atomic mass is 15.1. The van der Waals surface area contributed by atoms with Crippen molar-refractivity contribution in [1.82, 2.24) is 0 Å². The molecule has 0 fully saturated rings. The average molecular weight is 911 g/mol. The predicted octanol–water partition coefficient (Wildman–Crippen LogP) is 19.4. The van der Waals surface area contributed by atoms with Crippen molar-refractivity contribution in [2.45, 2.75) is 32.1 Å². The van der Waals surface area contributed by atoms with Gasteiger partial charge >= 0.3 is 0 Å². The van der Waals surface area contributed by atoms with Gasteiger partial charge in [-0.3, -0.25) is 0 Å². The van der Waals surface area contributed by atoms with E-state index in [1.165, 1.54) is 102 Å². The van der Waals surface area contributed by atoms with E-state index in [4.69, 9.17) is 0 Å². The quantitative estimate of drug-likeness (QED) is 0.135. The summed E-state index contributed by atoms with van der Waals surface area (Å²) in [6.07, 6.45) is 5.87. The minimum Gasteiger partial charge on any atom is -0.310 e. The molecule has 0 atom stereocenters. The van der Waals surface area contributed by atoms with Crippen LogP contribution in [0, 0.1) is 0 Å². The molecule has 0 aromatic heterocycles. The van der Waals surface area contributed by atoms with Crippen LogP contribution in [0.4, 0.5) is 34.1 Å². The third-order valence-corrected chi connectivity index (χ3v) is 14.3. The lowest BCUT2D eigenvalue weighted by Gasteiger charge is -2.28. The van der Waals surface area contributed by atoms with Crippen LogP contribution < -0.4 is 9.80 Å². The van der Waals surface area contributed by atoms with Gasteiger partial charge in [0.1, 0.15) is 0 Å². The van der Waals surface area contributed by atoms with Gasteiger partial charge in [-0.05, 0) is 171 Å². The lowest BCUT2D eigenvalue weighted by molar-refractivity contribution is 0.683. The van der Waals surface area contributed by atoms with Crippen LogP contribution in [0.5, 0.6) is 0 Å². The number of hydrogen-bond donors (Lipinski definition) is 0. The van der Waals surface area contributed by atoms with Crippen LogP contribution in [-0.4, -0.2) is 0 Å². The maximum absolute atomic E-state index is 2.45. The first-order valence-electron chi connectivity index (χ1n) is 25.1. The van der Waals surface area contributed by atoms with Crippen LogP contribution in [0.3, 0.4) is 0 Å². The Labute approximate surface area is 418 Å². The van der Waals surface area contributed by atoms with Crippen LogP contribution in [0.2, 0.25) is 0 Å². The Balaban J connectivity index is 0.882. The minimum atomic E-state index is 1.07. The summed E-state index contributed by atoms with van der Waals surface area (Å²) >= 11 is 0. The Morgan fingerprint density at radius 1 is 0.239 bits per heavy atom. The zero-order valence-electron chi connectivity index (χ0n) is 39.8. The van der Waals surface area contributed by atoms with Crippen molar-refractivity contribution in [3.63, 3.8) is 0 Å². The molecule has 0 bridgehead atoms. The van der Waals surface area contributed by atoms with Crippen molar-refractivity contribution in [2.75, 3.05) is 9.80 Å². The van der Waals surface area contributed by atoms with Gasteiger partial charge in [0.05, 0.1) is 5.69 Å². The van der Waals surface area contributed by atoms with Crippen molar-refractivity contribution in [1.29, 1.82) is 0 Å². The Bertz CT molecular complexity index is 3570. The van der Waals surface area contributed by atoms with E-state index in [0.29, 0.717) is 0 Å². The molecule has 0 heterocycles. The molecule has 12 rings (SSSR count). The zero-order chi connectivity index (χ0) is 47.3. The third kappa shape index (κ3) is 9.05. The highest BCUT2D eigenvalue weighted by Crippen LogP contribution is 2.43. The van der Waals surface area contributed by atoms with E-state index in [2.05, 4.69) is 277 Å². The number of nitrogens with zero attached hydrogens (tertiary/aromatic N) is 2. The number of hydrogen-bond acceptors (Lipinski definition) is 2. The SMILES string of the molecule is c1ccc(-c2ccc(N(c3ccc(-c4ccc(N(c5ccc(-c6cccc(-c7ccccc7)c6)cc5)c5cccc6ccccc56)cc4)cc3)c3ccc4c(c3)CCCCCc3ccccc3-4)cc2)cc1. The first-order valence-corrected chi connectivity index (χ1v) is 25.1. The number of fused-ring (bicyclic) bond motifs is 4. The summed E-state index contributed by atoms with van der Waals surface area (Å²) in [6.45, 7) is 0. The minimum absolute atomic E-state index is 1.07. The normalized spacial score (nSPS) is 12.2. The summed E-state index contributed by atoms with van der Waals surface area (Å²) in [6, 6.07) is 97.8. The molecule has 0 radical (unpaired) electrons. The highest BCUT2D eigenvalue weighted by molar-refractivity contribution is 5.99. The molecule has 1 aliphatic rings. The molecule has 71 heavy (non-hydrogen) atoms. The van der Waals surface area contributed by atoms with E-state index >= 15 is 0 Å². The molecular weight excluding hydrogens is 857 g/mol. The van der Waals surface area contributed by atoms with E-state index < -0.39 is 0 Å². The molecule has 2 nitrogen and oxygen atoms in total. The van der Waals surface area contributed by atoms with Crippen molar-refractivity contribution < 1.29 is 0 Å². The number of benzene rings is 11. The van der Waals surface area contributed by atoms with Gasteiger partial charge in [0, 0.05) is 33.8 Å². The fourth-order valence-corrected chi connectivity index (χ4v) is 10.6. The van der Waals surface area contributed by atoms with Crippen LogP contribution in [-0.2, 0) is 12.8 Å². The van der Waals surface area contributed by atoms with Crippen LogP contribution >= 0.6 is 0 Å². The molecule has 11 aromatic carbocycles. The van der Waals surface area contributed by atoms with Crippen LogP contribution in [0.25, 0.3) is 66.4 Å². The van der Waals surface area contributed by atoms with Gasteiger partial charge in [0.25, 0.3) is 0 Å². The second-order valence-electron chi connectivity index (χ2n) is 18.7. The van der Waals surface area contributed by atoms with E-state index in [1.807, 2.05) is 0 Å². The van der Waals surface area contributed by atoms with Crippen molar-refractivity contribution >= 4 is 44.9 Å². The molecule has 2 heteroatoms. The van der Waals surface area contributed by atoms with E-state index in [-0.39, 0.29) is 0 Å². The van der Waals surface area contributed by atoms with Gasteiger partial charge < -0.3 is 9.80 Å². The lowest BCUT2D eigenvalue weighted by atomic mass is 9.92. The molecule has 0 spiro atoms. The summed E-state index contributed by atoms with van der Waals surface area (Å²) in [5.74, 6) is 0. The molecule has 11 aromatic rings. The fourth-order valence-electron chi connectivity index (χ4n) is 10.6. The van der Waals surface area contributed by atoms with Gasteiger partial charge in [-0.2, -0.15) is 0 Å². The Morgan fingerprint density at radius 2 is 0.648 bits per heavy atom. The van der Waals surface area contributed by atoms with Gasteiger partial charge in [0.2, 0.25) is 0 Å². The maximum atomic E-state index is 2.45. The number of rotatable bonds is 10. The van der Waals surface area contributed by atoms with E-state index in [9.17, 15) is 0 Å². The average Bonchev–Trinajstić information content (AvgIpc) is 3.53. The maximum Gasteiger partial charge on any atom is 0.0540 e. The van der Waals surface area contributed by atoms with Gasteiger partial charge in [-0.15, -0.1) is 0 Å². The smallest absolute Gasteiger partial charge is 0.0540 e. The predicted molar refractivity (Wildman–Crippen MR) is 302 cm³/mol. The molecule has 0 saturated carbocycles. The van der Waals surface area contributed by atoms with Gasteiger partial charge in [-0.1, -0.05) is 201 Å². The zero-order valence-corrected chi connectivity index (χ0v) is 39.8. The first-order chi connectivity index (χ1) is 35.2. The molecule has 340 valence electrons. The Hall–Kier alpha value is -8.72. The molecule has 0 amide bonds. The van der Waals surface area contributed by atoms with Crippen molar-refractivity contribution in [3.8, 4) is 55.6 Å². The second-order valence-corrected chi connectivity index (χ2v) is 18.7. The van der Waals surface area contributed by atoms with E-state index in [0.717, 1.165) is 41.3 Å². The highest BCUT2D eigenvalue weighted by Gasteiger charge is 2.20. The Morgan fingerprint density at radius 3 is 1.25 bits per heavy atom. The second kappa shape index (κ2) is 19.7. The molecule has 0 aliphatic heterocycles. The molecule has 0 unspecified atom stereocenters. The summed E-state index contributed by atoms with van der Waals surface area (Å²) in [4.78, 5) is 4.82. The summed E-state index contributed by atoms with van der Waals surface area (Å²) in [5.41, 5.74) is 22.0. The summed E-state index contributed by atoms with van der Waals surface area (Å²) in [5, 5.41) is 2.42. The lowest BCUT2D eigenvalue weighted by Crippen LogP contribution is -2.11. The monoisotopic (exact) mass is 910 g/mol. The third-order valence-electron chi connectivity index (χ3n) is 14.3. The topological polar surface area (TPSA) is 6.48 Å². The molecular formula is C69H54N2. The van der Waals surface area contributed by atoms with Crippen molar-refractivity contribution in [2.24, 2.45) is 0 Å². The van der Waals surface area contributed by atoms with Crippen molar-refractivity contribution in [3.05, 3.63) is 278 Å². The van der Waals surface area contributed by atoms with Crippen LogP contribution in [0.15, 0.2) is 267 Å². The Kier molecular flexibility index (Phi) is 12.1. The molecule has 0 saturated heterocycles.